The van der Waals surface area contributed by atoms with Crippen LogP contribution in [0.4, 0.5) is 5.69 Å². The molecular weight excluding hydrogens is 258 g/mol. The Morgan fingerprint density at radius 3 is 2.89 bits per heavy atom. The number of nitrogens with zero attached hydrogens (tertiary/aromatic N) is 2. The average Bonchev–Trinajstić information content (AvgIpc) is 2.91. The number of nitrogens with two attached hydrogens (primary N) is 1. The van der Waals surface area contributed by atoms with E-state index in [1.165, 1.54) is 10.9 Å². The number of thiophene rings is 1. The molecule has 2 heterocycles. The third-order valence-corrected chi connectivity index (χ3v) is 3.93. The molecule has 0 aliphatic carbocycles. The van der Waals surface area contributed by atoms with E-state index < -0.39 is 0 Å². The molecule has 2 N–H and O–H groups in total. The van der Waals surface area contributed by atoms with E-state index in [0.29, 0.717) is 12.2 Å². The first-order valence-corrected chi connectivity index (χ1v) is 7.27. The van der Waals surface area contributed by atoms with Crippen LogP contribution in [0.2, 0.25) is 0 Å². The second-order valence-corrected chi connectivity index (χ2v) is 5.47. The van der Waals surface area contributed by atoms with Gasteiger partial charge in [0.15, 0.2) is 0 Å². The summed E-state index contributed by atoms with van der Waals surface area (Å²) in [5, 5.41) is 2.09. The number of likely N-dealkylation sites (N-methyl/N-ethyl adjacent to an activating group) is 1. The maximum Gasteiger partial charge on any atom is 0.250 e. The van der Waals surface area contributed by atoms with E-state index in [2.05, 4.69) is 29.3 Å². The van der Waals surface area contributed by atoms with Gasteiger partial charge in [-0.05, 0) is 24.1 Å². The van der Waals surface area contributed by atoms with Crippen molar-refractivity contribution >= 4 is 17.0 Å². The molecule has 2 aromatic rings. The maximum absolute atomic E-state index is 11.7. The zero-order valence-electron chi connectivity index (χ0n) is 11.1. The summed E-state index contributed by atoms with van der Waals surface area (Å²) in [6.45, 7) is 5.55. The third kappa shape index (κ3) is 3.94. The van der Waals surface area contributed by atoms with Crippen molar-refractivity contribution in [1.82, 2.24) is 9.47 Å². The first-order chi connectivity index (χ1) is 9.19. The van der Waals surface area contributed by atoms with Crippen LogP contribution in [0.5, 0.6) is 0 Å². The molecule has 102 valence electrons. The van der Waals surface area contributed by atoms with Crippen LogP contribution in [0.25, 0.3) is 0 Å². The summed E-state index contributed by atoms with van der Waals surface area (Å²) in [6, 6.07) is 7.36. The highest BCUT2D eigenvalue weighted by atomic mass is 32.1. The number of nitrogen functional groups attached to an aromatic ring is 1. The Labute approximate surface area is 117 Å². The highest BCUT2D eigenvalue weighted by molar-refractivity contribution is 7.09. The Balaban J connectivity index is 1.96. The van der Waals surface area contributed by atoms with Crippen molar-refractivity contribution < 1.29 is 0 Å². The first kappa shape index (κ1) is 13.8. The van der Waals surface area contributed by atoms with Crippen molar-refractivity contribution in [2.45, 2.75) is 20.0 Å². The lowest BCUT2D eigenvalue weighted by Gasteiger charge is -2.20. The molecule has 0 radical (unpaired) electrons. The molecule has 0 saturated heterocycles. The summed E-state index contributed by atoms with van der Waals surface area (Å²) in [7, 11) is 0. The predicted molar refractivity (Wildman–Crippen MR) is 80.4 cm³/mol. The van der Waals surface area contributed by atoms with E-state index in [1.54, 1.807) is 28.2 Å². The second kappa shape index (κ2) is 6.54. The quantitative estimate of drug-likeness (QED) is 0.879. The standard InChI is InChI=1S/C14H19N3OS/c1-2-16(11-13-4-3-9-19-13)7-8-17-10-12(15)5-6-14(17)18/h3-6,9-10H,2,7-8,11,15H2,1H3. The molecule has 0 amide bonds. The Hall–Kier alpha value is -1.59. The van der Waals surface area contributed by atoms with Gasteiger partial charge < -0.3 is 10.3 Å². The number of hydrogen-bond donors (Lipinski definition) is 1. The molecule has 5 heteroatoms. The Bertz CT molecular complexity index is 562. The smallest absolute Gasteiger partial charge is 0.250 e. The van der Waals surface area contributed by atoms with Gasteiger partial charge in [0.05, 0.1) is 0 Å². The van der Waals surface area contributed by atoms with E-state index in [-0.39, 0.29) is 5.56 Å². The minimum atomic E-state index is 0.00127. The normalized spacial score (nSPS) is 11.1. The van der Waals surface area contributed by atoms with E-state index in [1.807, 2.05) is 0 Å². The van der Waals surface area contributed by atoms with Gasteiger partial charge >= 0.3 is 0 Å². The van der Waals surface area contributed by atoms with Gasteiger partial charge in [-0.1, -0.05) is 13.0 Å². The summed E-state index contributed by atoms with van der Waals surface area (Å²) in [4.78, 5) is 15.3. The summed E-state index contributed by atoms with van der Waals surface area (Å²) >= 11 is 1.76. The fourth-order valence-corrected chi connectivity index (χ4v) is 2.69. The summed E-state index contributed by atoms with van der Waals surface area (Å²) in [5.41, 5.74) is 6.33. The molecule has 0 spiro atoms. The van der Waals surface area contributed by atoms with Crippen molar-refractivity contribution in [3.63, 3.8) is 0 Å². The van der Waals surface area contributed by atoms with Gasteiger partial charge in [0.1, 0.15) is 0 Å². The van der Waals surface area contributed by atoms with Crippen LogP contribution >= 0.6 is 11.3 Å². The lowest BCUT2D eigenvalue weighted by Crippen LogP contribution is -2.30. The zero-order valence-corrected chi connectivity index (χ0v) is 11.9. The number of anilines is 1. The minimum Gasteiger partial charge on any atom is -0.398 e. The third-order valence-electron chi connectivity index (χ3n) is 3.07. The summed E-state index contributed by atoms with van der Waals surface area (Å²) < 4.78 is 1.67. The Morgan fingerprint density at radius 2 is 2.21 bits per heavy atom. The van der Waals surface area contributed by atoms with Crippen LogP contribution in [-0.4, -0.2) is 22.6 Å². The van der Waals surface area contributed by atoms with Crippen LogP contribution in [0.1, 0.15) is 11.8 Å². The molecule has 0 atom stereocenters. The highest BCUT2D eigenvalue weighted by Crippen LogP contribution is 2.11. The molecule has 2 aromatic heterocycles. The topological polar surface area (TPSA) is 51.3 Å². The van der Waals surface area contributed by atoms with Crippen molar-refractivity contribution in [2.24, 2.45) is 0 Å². The molecule has 0 aromatic carbocycles. The molecule has 19 heavy (non-hydrogen) atoms. The minimum absolute atomic E-state index is 0.00127. The van der Waals surface area contributed by atoms with Crippen LogP contribution in [-0.2, 0) is 13.1 Å². The molecule has 0 aliphatic rings. The van der Waals surface area contributed by atoms with Gasteiger partial charge in [-0.25, -0.2) is 0 Å². The highest BCUT2D eigenvalue weighted by Gasteiger charge is 2.05. The van der Waals surface area contributed by atoms with Gasteiger partial charge in [-0.15, -0.1) is 11.3 Å². The van der Waals surface area contributed by atoms with Gasteiger partial charge in [0.2, 0.25) is 0 Å². The molecule has 0 aliphatic heterocycles. The van der Waals surface area contributed by atoms with Crippen LogP contribution < -0.4 is 11.3 Å². The first-order valence-electron chi connectivity index (χ1n) is 6.39. The fraction of sp³-hybridized carbons (Fsp3) is 0.357. The SMILES string of the molecule is CCN(CCn1cc(N)ccc1=O)Cc1cccs1. The maximum atomic E-state index is 11.7. The Kier molecular flexibility index (Phi) is 4.76. The summed E-state index contributed by atoms with van der Waals surface area (Å²) in [6.07, 6.45) is 1.71. The predicted octanol–water partition coefficient (Wildman–Crippen LogP) is 2.01. The second-order valence-electron chi connectivity index (χ2n) is 4.44. The molecule has 4 nitrogen and oxygen atoms in total. The summed E-state index contributed by atoms with van der Waals surface area (Å²) in [5.74, 6) is 0. The average molecular weight is 277 g/mol. The molecule has 2 rings (SSSR count). The van der Waals surface area contributed by atoms with Crippen molar-refractivity contribution in [3.8, 4) is 0 Å². The molecule has 0 unspecified atom stereocenters. The lowest BCUT2D eigenvalue weighted by atomic mass is 10.3. The van der Waals surface area contributed by atoms with Gasteiger partial charge in [-0.2, -0.15) is 0 Å². The zero-order chi connectivity index (χ0) is 13.7. The van der Waals surface area contributed by atoms with E-state index in [9.17, 15) is 4.79 Å². The molecular formula is C14H19N3OS. The van der Waals surface area contributed by atoms with E-state index in [0.717, 1.165) is 19.6 Å². The van der Waals surface area contributed by atoms with Crippen LogP contribution in [0.15, 0.2) is 40.6 Å². The van der Waals surface area contributed by atoms with E-state index >= 15 is 0 Å². The van der Waals surface area contributed by atoms with Gasteiger partial charge in [0, 0.05) is 42.5 Å². The van der Waals surface area contributed by atoms with Gasteiger partial charge in [-0.3, -0.25) is 9.69 Å². The van der Waals surface area contributed by atoms with Crippen LogP contribution in [0.3, 0.4) is 0 Å². The number of rotatable bonds is 6. The Morgan fingerprint density at radius 1 is 1.37 bits per heavy atom. The fourth-order valence-electron chi connectivity index (χ4n) is 1.95. The number of pyridine rings is 1. The van der Waals surface area contributed by atoms with Crippen molar-refractivity contribution in [2.75, 3.05) is 18.8 Å². The molecule has 0 fully saturated rings. The molecule has 0 bridgehead atoms. The van der Waals surface area contributed by atoms with Crippen molar-refractivity contribution in [1.29, 1.82) is 0 Å². The molecule has 0 saturated carbocycles. The van der Waals surface area contributed by atoms with Gasteiger partial charge in [0.25, 0.3) is 5.56 Å². The number of aromatic nitrogens is 1. The monoisotopic (exact) mass is 277 g/mol. The van der Waals surface area contributed by atoms with E-state index in [4.69, 9.17) is 5.73 Å². The lowest BCUT2D eigenvalue weighted by molar-refractivity contribution is 0.269. The number of hydrogen-bond acceptors (Lipinski definition) is 4. The van der Waals surface area contributed by atoms with Crippen molar-refractivity contribution in [3.05, 3.63) is 51.1 Å². The van der Waals surface area contributed by atoms with Crippen LogP contribution in [0, 0.1) is 0 Å². The largest absolute Gasteiger partial charge is 0.398 e.